The lowest BCUT2D eigenvalue weighted by atomic mass is 10.2. The number of hydroxylamine groups is 1. The van der Waals surface area contributed by atoms with Crippen LogP contribution in [-0.4, -0.2) is 50.0 Å². The number of hydrogen-bond donors (Lipinski definition) is 2. The monoisotopic (exact) mass is 442 g/mol. The van der Waals surface area contributed by atoms with Crippen molar-refractivity contribution in [1.82, 2.24) is 9.79 Å². The number of nitrogens with zero attached hydrogens (tertiary/aromatic N) is 1. The molecular weight excluding hydrogens is 420 g/mol. The second-order valence-corrected chi connectivity index (χ2v) is 8.33. The van der Waals surface area contributed by atoms with Gasteiger partial charge in [-0.15, -0.1) is 11.6 Å². The van der Waals surface area contributed by atoms with E-state index in [0.29, 0.717) is 36.0 Å². The van der Waals surface area contributed by atoms with Crippen LogP contribution < -0.4 is 15.0 Å². The first-order valence-electron chi connectivity index (χ1n) is 8.75. The number of ether oxygens (including phenoxy) is 2. The fourth-order valence-electron chi connectivity index (χ4n) is 2.46. The van der Waals surface area contributed by atoms with E-state index in [1.54, 1.807) is 36.4 Å². The lowest BCUT2D eigenvalue weighted by Gasteiger charge is -2.21. The Kier molecular flexibility index (Phi) is 8.71. The molecule has 0 atom stereocenters. The summed E-state index contributed by atoms with van der Waals surface area (Å²) < 4.78 is 37.7. The van der Waals surface area contributed by atoms with Crippen molar-refractivity contribution in [3.05, 3.63) is 54.1 Å². The van der Waals surface area contributed by atoms with Crippen molar-refractivity contribution in [2.24, 2.45) is 0 Å². The van der Waals surface area contributed by atoms with Crippen molar-refractivity contribution in [2.45, 2.75) is 17.9 Å². The lowest BCUT2D eigenvalue weighted by molar-refractivity contribution is -0.129. The number of halogens is 1. The summed E-state index contributed by atoms with van der Waals surface area (Å²) in [4.78, 5) is 11.7. The molecule has 10 heteroatoms. The van der Waals surface area contributed by atoms with Crippen molar-refractivity contribution in [3.63, 3.8) is 0 Å². The third-order valence-electron chi connectivity index (χ3n) is 3.97. The molecule has 0 aliphatic carbocycles. The summed E-state index contributed by atoms with van der Waals surface area (Å²) in [6.45, 7) is -0.178. The van der Waals surface area contributed by atoms with Crippen molar-refractivity contribution >= 4 is 27.5 Å². The maximum absolute atomic E-state index is 13.1. The summed E-state index contributed by atoms with van der Waals surface area (Å²) in [7, 11) is -2.48. The lowest BCUT2D eigenvalue weighted by Crippen LogP contribution is -2.39. The summed E-state index contributed by atoms with van der Waals surface area (Å²) in [5, 5.41) is 8.83. The minimum Gasteiger partial charge on any atom is -0.497 e. The van der Waals surface area contributed by atoms with Gasteiger partial charge in [0.05, 0.1) is 25.2 Å². The number of carbonyl (C=O) groups is 1. The molecule has 0 fully saturated rings. The number of hydrogen-bond acceptors (Lipinski definition) is 6. The third kappa shape index (κ3) is 6.60. The molecule has 0 aliphatic heterocycles. The van der Waals surface area contributed by atoms with Crippen LogP contribution in [0.15, 0.2) is 53.4 Å². The molecule has 0 heterocycles. The summed E-state index contributed by atoms with van der Waals surface area (Å²) in [6, 6.07) is 12.7. The van der Waals surface area contributed by atoms with Crippen LogP contribution in [0.2, 0.25) is 0 Å². The Morgan fingerprint density at radius 2 is 1.72 bits per heavy atom. The number of rotatable bonds is 11. The van der Waals surface area contributed by atoms with Gasteiger partial charge in [-0.1, -0.05) is 12.1 Å². The molecule has 0 aromatic heterocycles. The first-order chi connectivity index (χ1) is 13.9. The van der Waals surface area contributed by atoms with E-state index in [4.69, 9.17) is 26.3 Å². The third-order valence-corrected chi connectivity index (χ3v) is 6.04. The average molecular weight is 443 g/mol. The van der Waals surface area contributed by atoms with Gasteiger partial charge in [-0.3, -0.25) is 10.0 Å². The summed E-state index contributed by atoms with van der Waals surface area (Å²) in [5.41, 5.74) is 2.12. The number of carbonyl (C=O) groups excluding carboxylic acids is 1. The molecule has 0 unspecified atom stereocenters. The van der Waals surface area contributed by atoms with E-state index in [2.05, 4.69) is 0 Å². The molecule has 0 spiro atoms. The van der Waals surface area contributed by atoms with Gasteiger partial charge in [0.25, 0.3) is 5.91 Å². The maximum atomic E-state index is 13.1. The number of alkyl halides is 1. The molecule has 0 aliphatic rings. The summed E-state index contributed by atoms with van der Waals surface area (Å²) in [5.74, 6) is 0.771. The van der Waals surface area contributed by atoms with Gasteiger partial charge in [-0.2, -0.15) is 4.31 Å². The zero-order valence-electron chi connectivity index (χ0n) is 15.9. The number of sulfonamides is 1. The Labute approximate surface area is 175 Å². The molecule has 0 saturated heterocycles. The van der Waals surface area contributed by atoms with Crippen LogP contribution in [0.25, 0.3) is 0 Å². The largest absolute Gasteiger partial charge is 0.497 e. The highest BCUT2D eigenvalue weighted by molar-refractivity contribution is 7.89. The zero-order chi connectivity index (χ0) is 21.3. The molecule has 29 heavy (non-hydrogen) atoms. The Morgan fingerprint density at radius 3 is 2.28 bits per heavy atom. The second-order valence-electron chi connectivity index (χ2n) is 6.02. The van der Waals surface area contributed by atoms with Crippen LogP contribution in [0, 0.1) is 0 Å². The molecule has 2 aromatic carbocycles. The van der Waals surface area contributed by atoms with Crippen LogP contribution in [0.4, 0.5) is 0 Å². The number of methoxy groups -OCH3 is 1. The first-order valence-corrected chi connectivity index (χ1v) is 10.7. The van der Waals surface area contributed by atoms with Gasteiger partial charge in [0, 0.05) is 12.4 Å². The molecule has 158 valence electrons. The summed E-state index contributed by atoms with van der Waals surface area (Å²) >= 11 is 5.60. The molecule has 2 aromatic rings. The standard InChI is InChI=1S/C19H23ClN2O6S/c1-27-16-5-3-15(4-6-16)13-22(14-19(23)21-24)29(25,26)18-9-7-17(8-10-18)28-12-2-11-20/h3-10,24H,2,11-14H2,1H3,(H,21,23). The summed E-state index contributed by atoms with van der Waals surface area (Å²) in [6.07, 6.45) is 0.674. The Morgan fingerprint density at radius 1 is 1.10 bits per heavy atom. The van der Waals surface area contributed by atoms with Crippen LogP contribution in [0.1, 0.15) is 12.0 Å². The molecule has 0 saturated carbocycles. The van der Waals surface area contributed by atoms with Gasteiger partial charge in [0.1, 0.15) is 11.5 Å². The Hall–Kier alpha value is -2.33. The van der Waals surface area contributed by atoms with Gasteiger partial charge >= 0.3 is 0 Å². The number of nitrogens with one attached hydrogen (secondary N) is 1. The molecule has 2 N–H and O–H groups in total. The van der Waals surface area contributed by atoms with E-state index >= 15 is 0 Å². The van der Waals surface area contributed by atoms with E-state index in [0.717, 1.165) is 4.31 Å². The quantitative estimate of drug-likeness (QED) is 0.239. The topological polar surface area (TPSA) is 105 Å². The number of benzene rings is 2. The second kappa shape index (κ2) is 11.0. The van der Waals surface area contributed by atoms with Crippen LogP contribution in [0.3, 0.4) is 0 Å². The predicted octanol–water partition coefficient (Wildman–Crippen LogP) is 2.40. The highest BCUT2D eigenvalue weighted by Gasteiger charge is 2.27. The Balaban J connectivity index is 2.23. The molecule has 1 amide bonds. The molecule has 8 nitrogen and oxygen atoms in total. The molecule has 2 rings (SSSR count). The van der Waals surface area contributed by atoms with Gasteiger partial charge < -0.3 is 9.47 Å². The van der Waals surface area contributed by atoms with E-state index in [9.17, 15) is 13.2 Å². The first kappa shape index (κ1) is 23.0. The molecule has 0 radical (unpaired) electrons. The van der Waals surface area contributed by atoms with E-state index in [1.165, 1.54) is 24.7 Å². The van der Waals surface area contributed by atoms with Crippen LogP contribution >= 0.6 is 11.6 Å². The number of amides is 1. The van der Waals surface area contributed by atoms with Gasteiger partial charge in [0.2, 0.25) is 10.0 Å². The highest BCUT2D eigenvalue weighted by Crippen LogP contribution is 2.22. The smallest absolute Gasteiger partial charge is 0.258 e. The van der Waals surface area contributed by atoms with Gasteiger partial charge in [-0.05, 0) is 48.4 Å². The van der Waals surface area contributed by atoms with Crippen LogP contribution in [0.5, 0.6) is 11.5 Å². The molecule has 0 bridgehead atoms. The minimum atomic E-state index is -4.01. The van der Waals surface area contributed by atoms with E-state index in [-0.39, 0.29) is 11.4 Å². The Bertz CT molecular complexity index is 888. The predicted molar refractivity (Wildman–Crippen MR) is 108 cm³/mol. The van der Waals surface area contributed by atoms with Crippen molar-refractivity contribution in [2.75, 3.05) is 26.1 Å². The van der Waals surface area contributed by atoms with Crippen molar-refractivity contribution in [1.29, 1.82) is 0 Å². The molecular formula is C19H23ClN2O6S. The van der Waals surface area contributed by atoms with Crippen molar-refractivity contribution < 1.29 is 27.9 Å². The fraction of sp³-hybridized carbons (Fsp3) is 0.316. The van der Waals surface area contributed by atoms with E-state index in [1.807, 2.05) is 0 Å². The fourth-order valence-corrected chi connectivity index (χ4v) is 3.95. The SMILES string of the molecule is COc1ccc(CN(CC(=O)NO)S(=O)(=O)c2ccc(OCCCCl)cc2)cc1. The van der Waals surface area contributed by atoms with Crippen LogP contribution in [-0.2, 0) is 21.4 Å². The zero-order valence-corrected chi connectivity index (χ0v) is 17.4. The van der Waals surface area contributed by atoms with Gasteiger partial charge in [0.15, 0.2) is 0 Å². The minimum absolute atomic E-state index is 0.00134. The highest BCUT2D eigenvalue weighted by atomic mass is 35.5. The normalized spacial score (nSPS) is 11.3. The van der Waals surface area contributed by atoms with Crippen molar-refractivity contribution in [3.8, 4) is 11.5 Å². The average Bonchev–Trinajstić information content (AvgIpc) is 2.74. The van der Waals surface area contributed by atoms with E-state index < -0.39 is 22.5 Å². The maximum Gasteiger partial charge on any atom is 0.258 e. The van der Waals surface area contributed by atoms with Gasteiger partial charge in [-0.25, -0.2) is 13.9 Å².